The smallest absolute Gasteiger partial charge is 0.317 e. The molecular weight excluding hydrogens is 407 g/mol. The summed E-state index contributed by atoms with van der Waals surface area (Å²) >= 11 is 13.2. The fourth-order valence-corrected chi connectivity index (χ4v) is 5.54. The lowest BCUT2D eigenvalue weighted by Gasteiger charge is -2.57. The Hall–Kier alpha value is -1.01. The molecule has 1 saturated carbocycles. The van der Waals surface area contributed by atoms with Crippen molar-refractivity contribution in [2.24, 2.45) is 5.41 Å². The average molecular weight is 441 g/mol. The number of carbonyl (C=O) groups is 1. The molecule has 29 heavy (non-hydrogen) atoms. The number of nitrogens with one attached hydrogen (secondary N) is 2. The zero-order valence-corrected chi connectivity index (χ0v) is 19.5. The molecular formula is C22H34Cl2N4O. The second-order valence-corrected chi connectivity index (χ2v) is 9.87. The zero-order chi connectivity index (χ0) is 21.2. The minimum absolute atomic E-state index is 0.0126. The molecule has 1 aliphatic heterocycles. The van der Waals surface area contributed by atoms with E-state index in [9.17, 15) is 4.79 Å². The third-order valence-electron chi connectivity index (χ3n) is 7.22. The third kappa shape index (κ3) is 4.39. The Balaban J connectivity index is 1.90. The summed E-state index contributed by atoms with van der Waals surface area (Å²) in [5, 5.41) is 7.91. The van der Waals surface area contributed by atoms with Gasteiger partial charge in [-0.2, -0.15) is 0 Å². The third-order valence-corrected chi connectivity index (χ3v) is 8.04. The van der Waals surface area contributed by atoms with Crippen LogP contribution in [0.15, 0.2) is 18.2 Å². The molecule has 0 bridgehead atoms. The predicted molar refractivity (Wildman–Crippen MR) is 121 cm³/mol. The number of halogens is 2. The molecule has 1 aliphatic carbocycles. The van der Waals surface area contributed by atoms with Crippen LogP contribution in [0.1, 0.15) is 45.1 Å². The Morgan fingerprint density at radius 2 is 1.86 bits per heavy atom. The summed E-state index contributed by atoms with van der Waals surface area (Å²) in [6.45, 7) is 8.65. The summed E-state index contributed by atoms with van der Waals surface area (Å²) in [7, 11) is 3.57. The lowest BCUT2D eigenvalue weighted by Crippen LogP contribution is -2.61. The van der Waals surface area contributed by atoms with Gasteiger partial charge < -0.3 is 15.5 Å². The Bertz CT molecular complexity index is 728. The molecule has 7 heteroatoms. The monoisotopic (exact) mass is 440 g/mol. The molecule has 1 unspecified atom stereocenters. The highest BCUT2D eigenvalue weighted by Gasteiger charge is 2.52. The van der Waals surface area contributed by atoms with Crippen molar-refractivity contribution in [1.29, 1.82) is 0 Å². The van der Waals surface area contributed by atoms with E-state index in [-0.39, 0.29) is 23.0 Å². The summed E-state index contributed by atoms with van der Waals surface area (Å²) in [6.07, 6.45) is 3.98. The van der Waals surface area contributed by atoms with Crippen molar-refractivity contribution >= 4 is 29.2 Å². The Labute approximate surface area is 185 Å². The number of amides is 2. The number of hydrogen-bond donors (Lipinski definition) is 2. The van der Waals surface area contributed by atoms with E-state index >= 15 is 0 Å². The van der Waals surface area contributed by atoms with Gasteiger partial charge in [-0.25, -0.2) is 4.79 Å². The lowest BCUT2D eigenvalue weighted by atomic mass is 9.59. The fraction of sp³-hybridized carbons (Fsp3) is 0.682. The first-order valence-corrected chi connectivity index (χ1v) is 11.3. The van der Waals surface area contributed by atoms with Gasteiger partial charge in [-0.1, -0.05) is 42.3 Å². The largest absolute Gasteiger partial charge is 0.335 e. The van der Waals surface area contributed by atoms with Crippen LogP contribution in [-0.4, -0.2) is 62.1 Å². The van der Waals surface area contributed by atoms with E-state index in [1.165, 1.54) is 0 Å². The lowest BCUT2D eigenvalue weighted by molar-refractivity contribution is -0.0508. The van der Waals surface area contributed by atoms with Crippen LogP contribution in [0.4, 0.5) is 4.79 Å². The quantitative estimate of drug-likeness (QED) is 0.731. The van der Waals surface area contributed by atoms with Gasteiger partial charge in [-0.15, -0.1) is 0 Å². The van der Waals surface area contributed by atoms with Crippen LogP contribution in [0.25, 0.3) is 0 Å². The Morgan fingerprint density at radius 1 is 1.24 bits per heavy atom. The van der Waals surface area contributed by atoms with Gasteiger partial charge >= 0.3 is 6.03 Å². The highest BCUT2D eigenvalue weighted by Crippen LogP contribution is 2.54. The van der Waals surface area contributed by atoms with Gasteiger partial charge in [0.1, 0.15) is 0 Å². The molecule has 5 nitrogen and oxygen atoms in total. The molecule has 0 aromatic heterocycles. The average Bonchev–Trinajstić information content (AvgIpc) is 2.71. The van der Waals surface area contributed by atoms with E-state index in [2.05, 4.69) is 35.4 Å². The molecule has 1 aromatic rings. The van der Waals surface area contributed by atoms with Gasteiger partial charge in [0.25, 0.3) is 0 Å². The fourth-order valence-electron chi connectivity index (χ4n) is 5.06. The van der Waals surface area contributed by atoms with Crippen molar-refractivity contribution in [3.63, 3.8) is 0 Å². The number of piperazine rings is 1. The maximum atomic E-state index is 12.1. The SMILES string of the molecule is CN(C)C(=O)NC1CCC(C)(C(C)(c2cccc(Cl)c2Cl)N2CCNCC2)CC1. The molecule has 2 fully saturated rings. The summed E-state index contributed by atoms with van der Waals surface area (Å²) in [5.74, 6) is 0. The number of benzene rings is 1. The Morgan fingerprint density at radius 3 is 2.45 bits per heavy atom. The van der Waals surface area contributed by atoms with Crippen molar-refractivity contribution in [3.8, 4) is 0 Å². The standard InChI is InChI=1S/C22H34Cl2N4O/c1-21(10-8-16(9-11-21)26-20(29)27(3)4)22(2,28-14-12-25-13-15-28)17-6-5-7-18(23)19(17)24/h5-7,16,25H,8-15H2,1-4H3,(H,26,29). The summed E-state index contributed by atoms with van der Waals surface area (Å²) < 4.78 is 0. The van der Waals surface area contributed by atoms with Gasteiger partial charge in [0.15, 0.2) is 0 Å². The summed E-state index contributed by atoms with van der Waals surface area (Å²) in [6, 6.07) is 6.22. The summed E-state index contributed by atoms with van der Waals surface area (Å²) in [4.78, 5) is 16.3. The molecule has 0 spiro atoms. The van der Waals surface area contributed by atoms with Crippen LogP contribution in [-0.2, 0) is 5.54 Å². The van der Waals surface area contributed by atoms with Crippen molar-refractivity contribution in [1.82, 2.24) is 20.4 Å². The maximum Gasteiger partial charge on any atom is 0.317 e. The number of hydrogen-bond acceptors (Lipinski definition) is 3. The van der Waals surface area contributed by atoms with Gasteiger partial charge in [0.2, 0.25) is 0 Å². The normalized spacial score (nSPS) is 27.9. The molecule has 1 heterocycles. The topological polar surface area (TPSA) is 47.6 Å². The molecule has 0 radical (unpaired) electrons. The van der Waals surface area contributed by atoms with Crippen LogP contribution in [0.3, 0.4) is 0 Å². The van der Waals surface area contributed by atoms with Crippen LogP contribution < -0.4 is 10.6 Å². The first kappa shape index (κ1) is 22.7. The molecule has 2 aliphatic rings. The maximum absolute atomic E-state index is 12.1. The minimum atomic E-state index is -0.229. The van der Waals surface area contributed by atoms with Crippen LogP contribution in [0.5, 0.6) is 0 Å². The number of carbonyl (C=O) groups excluding carboxylic acids is 1. The van der Waals surface area contributed by atoms with E-state index in [4.69, 9.17) is 23.2 Å². The highest BCUT2D eigenvalue weighted by molar-refractivity contribution is 6.42. The molecule has 1 saturated heterocycles. The van der Waals surface area contributed by atoms with Crippen LogP contribution >= 0.6 is 23.2 Å². The molecule has 3 rings (SSSR count). The molecule has 1 aromatic carbocycles. The first-order valence-electron chi connectivity index (χ1n) is 10.6. The Kier molecular flexibility index (Phi) is 7.04. The van der Waals surface area contributed by atoms with Crippen LogP contribution in [0.2, 0.25) is 10.0 Å². The zero-order valence-electron chi connectivity index (χ0n) is 18.0. The molecule has 2 N–H and O–H groups in total. The minimum Gasteiger partial charge on any atom is -0.335 e. The highest BCUT2D eigenvalue weighted by atomic mass is 35.5. The van der Waals surface area contributed by atoms with E-state index in [1.54, 1.807) is 19.0 Å². The second kappa shape index (κ2) is 9.01. The van der Waals surface area contributed by atoms with Crippen molar-refractivity contribution in [3.05, 3.63) is 33.8 Å². The van der Waals surface area contributed by atoms with Crippen molar-refractivity contribution < 1.29 is 4.79 Å². The van der Waals surface area contributed by atoms with Crippen LogP contribution in [0, 0.1) is 5.41 Å². The predicted octanol–water partition coefficient (Wildman–Crippen LogP) is 4.33. The summed E-state index contributed by atoms with van der Waals surface area (Å²) in [5.41, 5.74) is 0.915. The van der Waals surface area contributed by atoms with E-state index in [0.717, 1.165) is 57.4 Å². The van der Waals surface area contributed by atoms with E-state index in [1.807, 2.05) is 12.1 Å². The first-order chi connectivity index (χ1) is 13.7. The van der Waals surface area contributed by atoms with Gasteiger partial charge in [0.05, 0.1) is 15.6 Å². The van der Waals surface area contributed by atoms with Crippen molar-refractivity contribution in [2.45, 2.75) is 51.1 Å². The molecule has 162 valence electrons. The number of nitrogens with zero attached hydrogens (tertiary/aromatic N) is 2. The number of rotatable bonds is 4. The van der Waals surface area contributed by atoms with Crippen molar-refractivity contribution in [2.75, 3.05) is 40.3 Å². The van der Waals surface area contributed by atoms with Gasteiger partial charge in [-0.3, -0.25) is 4.90 Å². The van der Waals surface area contributed by atoms with Gasteiger partial charge in [-0.05, 0) is 49.7 Å². The molecule has 1 atom stereocenters. The molecule has 2 amide bonds. The van der Waals surface area contributed by atoms with E-state index in [0.29, 0.717) is 10.0 Å². The van der Waals surface area contributed by atoms with Gasteiger partial charge in [0, 0.05) is 46.3 Å². The van der Waals surface area contributed by atoms with E-state index < -0.39 is 0 Å². The number of urea groups is 1. The second-order valence-electron chi connectivity index (χ2n) is 9.09.